The van der Waals surface area contributed by atoms with Gasteiger partial charge in [0.2, 0.25) is 0 Å². The summed E-state index contributed by atoms with van der Waals surface area (Å²) in [6, 6.07) is 1.24. The summed E-state index contributed by atoms with van der Waals surface area (Å²) < 4.78 is 56.7. The number of hydrogen-bond donors (Lipinski definition) is 6. The molecule has 0 spiro atoms. The number of hydrogen-bond acceptors (Lipinski definition) is 16. The van der Waals surface area contributed by atoms with Crippen LogP contribution in [0, 0.1) is 0 Å². The summed E-state index contributed by atoms with van der Waals surface area (Å²) in [5.74, 6) is -1.38. The van der Waals surface area contributed by atoms with E-state index in [2.05, 4.69) is 46.6 Å². The molecule has 71 heavy (non-hydrogen) atoms. The first-order valence-electron chi connectivity index (χ1n) is 25.7. The van der Waals surface area contributed by atoms with E-state index < -0.39 is 83.7 Å². The van der Waals surface area contributed by atoms with Crippen molar-refractivity contribution in [2.45, 2.75) is 211 Å². The normalized spacial score (nSPS) is 20.0. The molecule has 1 saturated heterocycles. The molecule has 1 aliphatic heterocycles. The van der Waals surface area contributed by atoms with Crippen LogP contribution in [0.2, 0.25) is 0 Å². The molecule has 1 aromatic rings. The fourth-order valence-electron chi connectivity index (χ4n) is 7.40. The number of aliphatic hydroxyl groups excluding tert-OH is 3. The van der Waals surface area contributed by atoms with Crippen molar-refractivity contribution in [3.63, 3.8) is 0 Å². The Morgan fingerprint density at radius 3 is 1.82 bits per heavy atom. The number of phosphoric ester groups is 2. The molecular formula is C50H85N3O16P2. The molecule has 8 atom stereocenters. The zero-order valence-corrected chi connectivity index (χ0v) is 43.9. The predicted molar refractivity (Wildman–Crippen MR) is 272 cm³/mol. The Hall–Kier alpha value is -3.32. The topological polar surface area (TPSA) is 286 Å². The Kier molecular flexibility index (Phi) is 34.4. The lowest BCUT2D eigenvalue weighted by Gasteiger charge is -2.21. The van der Waals surface area contributed by atoms with Crippen molar-refractivity contribution < 1.29 is 71.4 Å². The third kappa shape index (κ3) is 31.1. The highest BCUT2D eigenvalue weighted by Gasteiger charge is 2.46. The number of ether oxygens (including phenoxy) is 3. The Morgan fingerprint density at radius 1 is 0.732 bits per heavy atom. The molecule has 2 heterocycles. The van der Waals surface area contributed by atoms with E-state index in [0.29, 0.717) is 25.7 Å². The van der Waals surface area contributed by atoms with Crippen LogP contribution in [0.25, 0.3) is 0 Å². The molecule has 0 radical (unpaired) electrons. The van der Waals surface area contributed by atoms with Gasteiger partial charge in [-0.05, 0) is 63.9 Å². The number of esters is 2. The van der Waals surface area contributed by atoms with Crippen molar-refractivity contribution in [3.8, 4) is 0 Å². The van der Waals surface area contributed by atoms with Crippen molar-refractivity contribution >= 4 is 33.4 Å². The fourth-order valence-corrected chi connectivity index (χ4v) is 9.51. The number of aliphatic hydroxyl groups is 3. The van der Waals surface area contributed by atoms with Gasteiger partial charge in [-0.2, -0.15) is 9.29 Å². The molecule has 2 rings (SSSR count). The van der Waals surface area contributed by atoms with Crippen LogP contribution in [0.5, 0.6) is 0 Å². The maximum Gasteiger partial charge on any atom is 0.481 e. The molecule has 406 valence electrons. The Balaban J connectivity index is 1.82. The van der Waals surface area contributed by atoms with E-state index in [0.717, 1.165) is 68.6 Å². The zero-order valence-electron chi connectivity index (χ0n) is 42.1. The van der Waals surface area contributed by atoms with Crippen LogP contribution in [-0.2, 0) is 46.3 Å². The number of nitrogens with zero attached hydrogens (tertiary/aromatic N) is 2. The van der Waals surface area contributed by atoms with Crippen molar-refractivity contribution in [2.75, 3.05) is 25.6 Å². The molecule has 2 unspecified atom stereocenters. The van der Waals surface area contributed by atoms with Gasteiger partial charge in [0.25, 0.3) is 0 Å². The van der Waals surface area contributed by atoms with Gasteiger partial charge >= 0.3 is 33.3 Å². The molecule has 7 N–H and O–H groups in total. The second kappa shape index (κ2) is 38.3. The lowest BCUT2D eigenvalue weighted by Crippen LogP contribution is -2.36. The van der Waals surface area contributed by atoms with Crippen LogP contribution >= 0.6 is 15.6 Å². The van der Waals surface area contributed by atoms with Crippen LogP contribution in [0.4, 0.5) is 5.82 Å². The summed E-state index contributed by atoms with van der Waals surface area (Å²) in [4.78, 5) is 61.9. The van der Waals surface area contributed by atoms with Gasteiger partial charge < -0.3 is 45.1 Å². The molecule has 0 aromatic carbocycles. The summed E-state index contributed by atoms with van der Waals surface area (Å²) in [6.45, 7) is 1.83. The Bertz CT molecular complexity index is 1890. The largest absolute Gasteiger partial charge is 0.481 e. The fraction of sp³-hybridized carbons (Fsp3) is 0.720. The summed E-state index contributed by atoms with van der Waals surface area (Å²) >= 11 is 0. The number of carbonyl (C=O) groups is 2. The van der Waals surface area contributed by atoms with E-state index in [1.165, 1.54) is 70.3 Å². The van der Waals surface area contributed by atoms with E-state index in [1.807, 2.05) is 25.2 Å². The van der Waals surface area contributed by atoms with Crippen molar-refractivity contribution in [3.05, 3.63) is 71.4 Å². The van der Waals surface area contributed by atoms with E-state index in [1.54, 1.807) is 0 Å². The number of anilines is 1. The monoisotopic (exact) mass is 1050 g/mol. The maximum absolute atomic E-state index is 12.8. The predicted octanol–water partition coefficient (Wildman–Crippen LogP) is 9.53. The van der Waals surface area contributed by atoms with Crippen LogP contribution in [0.3, 0.4) is 0 Å². The van der Waals surface area contributed by atoms with Crippen LogP contribution in [0.15, 0.2) is 65.7 Å². The third-order valence-electron chi connectivity index (χ3n) is 11.6. The second-order valence-electron chi connectivity index (χ2n) is 17.8. The summed E-state index contributed by atoms with van der Waals surface area (Å²) in [6.07, 6.45) is 32.8. The molecule has 1 aliphatic rings. The SMILES string of the molecule is CCCCCCCCCCCCCCCCCC(=O)OC[C@H](COP(=O)(O)OP(=O)(O)OC[C@H]1O[C@@H](n2ccc(N)nc2=O)[C@H](O)[C@@H]1O)OC(=O)CCC/C=C\C/C=C\C/C=C\C/C=C\CC[C@H](O)CC. The van der Waals surface area contributed by atoms with E-state index in [4.69, 9.17) is 29.0 Å². The number of unbranched alkanes of at least 4 members (excludes halogenated alkanes) is 15. The Labute approximate surface area is 421 Å². The highest BCUT2D eigenvalue weighted by molar-refractivity contribution is 7.61. The van der Waals surface area contributed by atoms with Crippen LogP contribution < -0.4 is 11.4 Å². The molecule has 0 bridgehead atoms. The molecule has 0 amide bonds. The average Bonchev–Trinajstić information content (AvgIpc) is 3.61. The van der Waals surface area contributed by atoms with Gasteiger partial charge in [0.15, 0.2) is 12.3 Å². The number of phosphoric acid groups is 2. The third-order valence-corrected chi connectivity index (χ3v) is 14.2. The lowest BCUT2D eigenvalue weighted by molar-refractivity contribution is -0.161. The van der Waals surface area contributed by atoms with Crippen molar-refractivity contribution in [2.24, 2.45) is 0 Å². The highest BCUT2D eigenvalue weighted by Crippen LogP contribution is 2.60. The van der Waals surface area contributed by atoms with Gasteiger partial charge in [-0.15, -0.1) is 0 Å². The first-order chi connectivity index (χ1) is 34.1. The quantitative estimate of drug-likeness (QED) is 0.0154. The Morgan fingerprint density at radius 2 is 1.25 bits per heavy atom. The summed E-state index contributed by atoms with van der Waals surface area (Å²) in [5, 5.41) is 30.5. The molecular weight excluding hydrogens is 961 g/mol. The number of allylic oxidation sites excluding steroid dienone is 8. The number of aromatic nitrogens is 2. The number of nitrogen functional groups attached to an aromatic ring is 1. The summed E-state index contributed by atoms with van der Waals surface area (Å²) in [7, 11) is -10.9. The first-order valence-corrected chi connectivity index (χ1v) is 28.7. The van der Waals surface area contributed by atoms with Gasteiger partial charge in [0.1, 0.15) is 30.7 Å². The molecule has 19 nitrogen and oxygen atoms in total. The van der Waals surface area contributed by atoms with Crippen molar-refractivity contribution in [1.82, 2.24) is 9.55 Å². The van der Waals surface area contributed by atoms with E-state index in [-0.39, 0.29) is 24.8 Å². The maximum atomic E-state index is 12.8. The van der Waals surface area contributed by atoms with Gasteiger partial charge in [-0.25, -0.2) is 13.9 Å². The van der Waals surface area contributed by atoms with E-state index >= 15 is 0 Å². The number of rotatable bonds is 42. The summed E-state index contributed by atoms with van der Waals surface area (Å²) in [5.41, 5.74) is 4.58. The number of carbonyl (C=O) groups excluding carboxylic acids is 2. The minimum absolute atomic E-state index is 0.0384. The van der Waals surface area contributed by atoms with Crippen molar-refractivity contribution in [1.29, 1.82) is 0 Å². The van der Waals surface area contributed by atoms with Crippen LogP contribution in [0.1, 0.15) is 181 Å². The van der Waals surface area contributed by atoms with Crippen LogP contribution in [-0.4, -0.2) is 96.9 Å². The second-order valence-corrected chi connectivity index (χ2v) is 20.9. The molecule has 0 aliphatic carbocycles. The highest BCUT2D eigenvalue weighted by atomic mass is 31.3. The molecule has 1 aromatic heterocycles. The molecule has 1 fully saturated rings. The smallest absolute Gasteiger partial charge is 0.462 e. The first kappa shape index (κ1) is 63.8. The van der Waals surface area contributed by atoms with E-state index in [9.17, 15) is 48.6 Å². The average molecular weight is 1050 g/mol. The van der Waals surface area contributed by atoms with Gasteiger partial charge in [0.05, 0.1) is 19.3 Å². The minimum atomic E-state index is -5.44. The number of nitrogens with two attached hydrogens (primary N) is 1. The van der Waals surface area contributed by atoms with Gasteiger partial charge in [0, 0.05) is 19.0 Å². The van der Waals surface area contributed by atoms with Gasteiger partial charge in [-0.3, -0.25) is 23.2 Å². The minimum Gasteiger partial charge on any atom is -0.462 e. The lowest BCUT2D eigenvalue weighted by atomic mass is 10.0. The molecule has 0 saturated carbocycles. The van der Waals surface area contributed by atoms with Gasteiger partial charge in [-0.1, -0.05) is 152 Å². The standard InChI is InChI=1S/C50H85N3O16P2/c1-3-5-6-7-8-9-10-11-12-16-19-22-25-28-31-34-45(55)64-38-42(67-46(56)35-32-29-26-23-20-17-14-13-15-18-21-24-27-30-33-41(54)4-2)39-65-70(60,61)69-71(62,63)66-40-43-47(57)48(58)49(68-43)53-37-36-44(51)52-50(53)59/h14-15,17-18,23-24,26-27,36-37,41-43,47-49,54,57-58H,3-13,16,19-22,25,28-35,38-40H2,1-2H3,(H,60,61)(H,62,63)(H2,51,52,59)/b17-14-,18-15-,26-23-,27-24-/t41-,42-,43-,47-,48-,49-/m1/s1. The molecule has 21 heteroatoms. The zero-order chi connectivity index (χ0) is 52.2.